The average molecular weight is 301 g/mol. The number of aryl methyl sites for hydroxylation is 1. The Morgan fingerprint density at radius 2 is 1.95 bits per heavy atom. The van der Waals surface area contributed by atoms with Crippen LogP contribution in [-0.4, -0.2) is 22.8 Å². The van der Waals surface area contributed by atoms with Crippen LogP contribution in [0.2, 0.25) is 0 Å². The Morgan fingerprint density at radius 3 is 2.59 bits per heavy atom. The summed E-state index contributed by atoms with van der Waals surface area (Å²) in [5, 5.41) is 6.90. The molecule has 0 radical (unpaired) electrons. The second-order valence-electron chi connectivity index (χ2n) is 5.00. The molecule has 1 heterocycles. The summed E-state index contributed by atoms with van der Waals surface area (Å²) in [6, 6.07) is 9.79. The third-order valence-electron chi connectivity index (χ3n) is 3.33. The van der Waals surface area contributed by atoms with Crippen molar-refractivity contribution >= 4 is 5.91 Å². The van der Waals surface area contributed by atoms with Crippen LogP contribution in [0.5, 0.6) is 5.75 Å². The number of hydrogen-bond acceptors (Lipinski definition) is 4. The van der Waals surface area contributed by atoms with E-state index < -0.39 is 6.04 Å². The maximum absolute atomic E-state index is 12.2. The number of hydrogen-bond donors (Lipinski definition) is 1. The molecule has 0 unspecified atom stereocenters. The number of methoxy groups -OCH3 is 1. The Labute approximate surface area is 128 Å². The zero-order chi connectivity index (χ0) is 16.1. The van der Waals surface area contributed by atoms with E-state index in [0.717, 1.165) is 11.3 Å². The van der Waals surface area contributed by atoms with Gasteiger partial charge in [-0.15, -0.1) is 0 Å². The molecule has 1 atom stereocenters. The Kier molecular flexibility index (Phi) is 4.93. The highest BCUT2D eigenvalue weighted by Gasteiger charge is 2.16. The third kappa shape index (κ3) is 3.72. The van der Waals surface area contributed by atoms with Gasteiger partial charge in [-0.05, 0) is 37.6 Å². The molecule has 6 nitrogen and oxygen atoms in total. The number of amides is 1. The monoisotopic (exact) mass is 301 g/mol. The number of carbonyl (C=O) groups is 1. The highest BCUT2D eigenvalue weighted by molar-refractivity contribution is 5.79. The summed E-state index contributed by atoms with van der Waals surface area (Å²) in [6.45, 7) is 3.81. The number of nitrogens with one attached hydrogen (secondary N) is 1. The lowest BCUT2D eigenvalue weighted by atomic mass is 10.2. The summed E-state index contributed by atoms with van der Waals surface area (Å²) in [4.78, 5) is 23.9. The first-order chi connectivity index (χ1) is 10.5. The lowest BCUT2D eigenvalue weighted by molar-refractivity contribution is -0.124. The molecule has 1 amide bonds. The Balaban J connectivity index is 2.01. The molecule has 2 rings (SSSR count). The summed E-state index contributed by atoms with van der Waals surface area (Å²) < 4.78 is 6.27. The minimum atomic E-state index is -0.661. The Bertz CT molecular complexity index is 707. The van der Waals surface area contributed by atoms with Crippen LogP contribution in [-0.2, 0) is 11.3 Å². The van der Waals surface area contributed by atoms with Crippen LogP contribution < -0.4 is 15.6 Å². The molecule has 116 valence electrons. The van der Waals surface area contributed by atoms with E-state index in [1.54, 1.807) is 27.0 Å². The van der Waals surface area contributed by atoms with Crippen molar-refractivity contribution in [1.29, 1.82) is 0 Å². The minimum Gasteiger partial charge on any atom is -0.497 e. The summed E-state index contributed by atoms with van der Waals surface area (Å²) in [5.74, 6) is 0.509. The minimum absolute atomic E-state index is 0.254. The molecule has 0 bridgehead atoms. The highest BCUT2D eigenvalue weighted by Crippen LogP contribution is 2.11. The summed E-state index contributed by atoms with van der Waals surface area (Å²) >= 11 is 0. The fourth-order valence-electron chi connectivity index (χ4n) is 1.99. The maximum atomic E-state index is 12.2. The van der Waals surface area contributed by atoms with Crippen LogP contribution in [0.3, 0.4) is 0 Å². The second-order valence-corrected chi connectivity index (χ2v) is 5.00. The quantitative estimate of drug-likeness (QED) is 0.907. The predicted octanol–water partition coefficient (Wildman–Crippen LogP) is 1.44. The Morgan fingerprint density at radius 1 is 1.27 bits per heavy atom. The van der Waals surface area contributed by atoms with Gasteiger partial charge in [0.2, 0.25) is 5.91 Å². The van der Waals surface area contributed by atoms with E-state index in [1.165, 1.54) is 10.7 Å². The number of nitrogens with zero attached hydrogens (tertiary/aromatic N) is 2. The lowest BCUT2D eigenvalue weighted by Crippen LogP contribution is -2.36. The van der Waals surface area contributed by atoms with Crippen molar-refractivity contribution in [2.75, 3.05) is 7.11 Å². The first-order valence-corrected chi connectivity index (χ1v) is 6.98. The zero-order valence-corrected chi connectivity index (χ0v) is 12.9. The number of benzene rings is 1. The molecule has 0 aliphatic rings. The molecule has 1 N–H and O–H groups in total. The van der Waals surface area contributed by atoms with Crippen molar-refractivity contribution in [3.63, 3.8) is 0 Å². The van der Waals surface area contributed by atoms with E-state index in [9.17, 15) is 9.59 Å². The topological polar surface area (TPSA) is 73.2 Å². The van der Waals surface area contributed by atoms with E-state index in [4.69, 9.17) is 4.74 Å². The number of ether oxygens (including phenoxy) is 1. The van der Waals surface area contributed by atoms with Gasteiger partial charge in [-0.2, -0.15) is 5.10 Å². The fraction of sp³-hybridized carbons (Fsp3) is 0.312. The van der Waals surface area contributed by atoms with Crippen LogP contribution >= 0.6 is 0 Å². The van der Waals surface area contributed by atoms with Gasteiger partial charge in [0.25, 0.3) is 5.56 Å². The third-order valence-corrected chi connectivity index (χ3v) is 3.33. The van der Waals surface area contributed by atoms with Gasteiger partial charge in [0, 0.05) is 12.6 Å². The van der Waals surface area contributed by atoms with E-state index in [0.29, 0.717) is 12.2 Å². The van der Waals surface area contributed by atoms with E-state index in [2.05, 4.69) is 10.4 Å². The van der Waals surface area contributed by atoms with E-state index in [-0.39, 0.29) is 11.5 Å². The lowest BCUT2D eigenvalue weighted by Gasteiger charge is -2.14. The zero-order valence-electron chi connectivity index (χ0n) is 12.9. The highest BCUT2D eigenvalue weighted by atomic mass is 16.5. The van der Waals surface area contributed by atoms with Crippen LogP contribution in [0.15, 0.2) is 41.2 Å². The second kappa shape index (κ2) is 6.89. The van der Waals surface area contributed by atoms with Gasteiger partial charge in [0.1, 0.15) is 11.8 Å². The predicted molar refractivity (Wildman–Crippen MR) is 82.8 cm³/mol. The van der Waals surface area contributed by atoms with Crippen LogP contribution in [0.1, 0.15) is 24.2 Å². The van der Waals surface area contributed by atoms with Crippen LogP contribution in [0, 0.1) is 6.92 Å². The average Bonchev–Trinajstić information content (AvgIpc) is 2.54. The molecule has 1 aromatic carbocycles. The molecule has 0 aliphatic carbocycles. The van der Waals surface area contributed by atoms with Crippen molar-refractivity contribution in [3.05, 3.63) is 58.0 Å². The number of aromatic nitrogens is 2. The molecular formula is C16H19N3O3. The summed E-state index contributed by atoms with van der Waals surface area (Å²) in [6.07, 6.45) is 0. The van der Waals surface area contributed by atoms with Gasteiger partial charge in [-0.1, -0.05) is 12.1 Å². The van der Waals surface area contributed by atoms with Gasteiger partial charge in [-0.25, -0.2) is 4.68 Å². The summed E-state index contributed by atoms with van der Waals surface area (Å²) in [7, 11) is 1.60. The molecule has 0 fully saturated rings. The standard InChI is InChI=1S/C16H19N3O3/c1-11-4-9-15(20)19(18-11)12(2)16(21)17-10-13-5-7-14(22-3)8-6-13/h4-9,12H,10H2,1-3H3,(H,17,21)/t12-/m1/s1. The molecule has 0 saturated heterocycles. The van der Waals surface area contributed by atoms with Gasteiger partial charge in [0.05, 0.1) is 12.8 Å². The van der Waals surface area contributed by atoms with E-state index >= 15 is 0 Å². The molecule has 2 aromatic rings. The fourth-order valence-corrected chi connectivity index (χ4v) is 1.99. The molecule has 1 aromatic heterocycles. The molecular weight excluding hydrogens is 282 g/mol. The van der Waals surface area contributed by atoms with Crippen LogP contribution in [0.4, 0.5) is 0 Å². The molecule has 6 heteroatoms. The smallest absolute Gasteiger partial charge is 0.267 e. The van der Waals surface area contributed by atoms with Gasteiger partial charge in [-0.3, -0.25) is 9.59 Å². The first-order valence-electron chi connectivity index (χ1n) is 6.98. The van der Waals surface area contributed by atoms with Crippen molar-refractivity contribution in [1.82, 2.24) is 15.1 Å². The maximum Gasteiger partial charge on any atom is 0.267 e. The van der Waals surface area contributed by atoms with Gasteiger partial charge in [0.15, 0.2) is 0 Å². The first kappa shape index (κ1) is 15.8. The SMILES string of the molecule is COc1ccc(CNC(=O)[C@@H](C)n2nc(C)ccc2=O)cc1. The Hall–Kier alpha value is -2.63. The van der Waals surface area contributed by atoms with E-state index in [1.807, 2.05) is 24.3 Å². The number of carbonyl (C=O) groups excluding carboxylic acids is 1. The van der Waals surface area contributed by atoms with Crippen LogP contribution in [0.25, 0.3) is 0 Å². The number of rotatable bonds is 5. The molecule has 22 heavy (non-hydrogen) atoms. The molecule has 0 spiro atoms. The molecule has 0 aliphatic heterocycles. The van der Waals surface area contributed by atoms with Crippen molar-refractivity contribution in [2.24, 2.45) is 0 Å². The normalized spacial score (nSPS) is 11.8. The van der Waals surface area contributed by atoms with Crippen molar-refractivity contribution in [3.8, 4) is 5.75 Å². The van der Waals surface area contributed by atoms with Crippen molar-refractivity contribution in [2.45, 2.75) is 26.4 Å². The largest absolute Gasteiger partial charge is 0.497 e. The summed E-state index contributed by atoms with van der Waals surface area (Å²) in [5.41, 5.74) is 1.35. The van der Waals surface area contributed by atoms with Gasteiger partial charge >= 0.3 is 0 Å². The van der Waals surface area contributed by atoms with Crippen molar-refractivity contribution < 1.29 is 9.53 Å². The molecule has 0 saturated carbocycles. The van der Waals surface area contributed by atoms with Gasteiger partial charge < -0.3 is 10.1 Å².